The fraction of sp³-hybridized carbons (Fsp3) is 0.571. The number of rotatable bonds is 10. The molecule has 2 saturated heterocycles. The molecule has 1 amide bonds. The Morgan fingerprint density at radius 2 is 2.03 bits per heavy atom. The third-order valence-electron chi connectivity index (χ3n) is 5.33. The molecule has 31 heavy (non-hydrogen) atoms. The highest BCUT2D eigenvalue weighted by Crippen LogP contribution is 2.25. The molecule has 1 aromatic heterocycles. The summed E-state index contributed by atoms with van der Waals surface area (Å²) in [6, 6.07) is 8.29. The van der Waals surface area contributed by atoms with E-state index >= 15 is 0 Å². The number of amides is 1. The zero-order valence-electron chi connectivity index (χ0n) is 17.5. The number of anilines is 1. The third kappa shape index (κ3) is 7.15. The number of aromatic nitrogens is 2. The van der Waals surface area contributed by atoms with Crippen LogP contribution in [0.2, 0.25) is 0 Å². The van der Waals surface area contributed by atoms with E-state index in [9.17, 15) is 4.79 Å². The first-order chi connectivity index (χ1) is 15.3. The molecule has 1 aromatic carbocycles. The van der Waals surface area contributed by atoms with Crippen molar-refractivity contribution < 1.29 is 14.3 Å². The number of nitrogens with one attached hydrogen (secondary N) is 2. The lowest BCUT2D eigenvalue weighted by Gasteiger charge is -2.27. The Kier molecular flexibility index (Phi) is 8.53. The second kappa shape index (κ2) is 11.8. The van der Waals surface area contributed by atoms with Crippen molar-refractivity contribution >= 4 is 34.1 Å². The molecule has 2 aromatic rings. The molecule has 1 atom stereocenters. The molecule has 10 heteroatoms. The summed E-state index contributed by atoms with van der Waals surface area (Å²) in [5, 5.41) is 15.4. The first-order valence-corrected chi connectivity index (χ1v) is 12.5. The second-order valence-electron chi connectivity index (χ2n) is 7.61. The summed E-state index contributed by atoms with van der Waals surface area (Å²) in [7, 11) is 0. The van der Waals surface area contributed by atoms with Crippen molar-refractivity contribution in [2.24, 2.45) is 0 Å². The average molecular weight is 464 g/mol. The van der Waals surface area contributed by atoms with Crippen LogP contribution in [0.3, 0.4) is 0 Å². The number of carbonyl (C=O) groups excluding carboxylic acids is 1. The number of nitrogens with zero attached hydrogens (tertiary/aromatic N) is 3. The van der Waals surface area contributed by atoms with Crippen LogP contribution in [0.15, 0.2) is 28.6 Å². The van der Waals surface area contributed by atoms with E-state index in [0.717, 1.165) is 73.9 Å². The highest BCUT2D eigenvalue weighted by Gasteiger charge is 2.16. The van der Waals surface area contributed by atoms with Gasteiger partial charge in [-0.2, -0.15) is 0 Å². The Labute approximate surface area is 191 Å². The van der Waals surface area contributed by atoms with E-state index in [1.807, 2.05) is 6.07 Å². The summed E-state index contributed by atoms with van der Waals surface area (Å²) < 4.78 is 11.8. The van der Waals surface area contributed by atoms with Gasteiger partial charge in [-0.15, -0.1) is 10.2 Å². The number of benzene rings is 1. The highest BCUT2D eigenvalue weighted by molar-refractivity contribution is 8.01. The van der Waals surface area contributed by atoms with E-state index in [-0.39, 0.29) is 12.0 Å². The molecule has 8 nitrogen and oxygen atoms in total. The molecule has 2 aliphatic rings. The highest BCUT2D eigenvalue weighted by atomic mass is 32.2. The maximum absolute atomic E-state index is 12.4. The Morgan fingerprint density at radius 1 is 1.19 bits per heavy atom. The lowest BCUT2D eigenvalue weighted by molar-refractivity contribution is -0.118. The number of ether oxygens (including phenoxy) is 2. The predicted octanol–water partition coefficient (Wildman–Crippen LogP) is 2.37. The zero-order valence-corrected chi connectivity index (χ0v) is 19.2. The molecule has 0 aliphatic carbocycles. The minimum absolute atomic E-state index is 0.00441. The summed E-state index contributed by atoms with van der Waals surface area (Å²) in [6.07, 6.45) is 2.47. The average Bonchev–Trinajstić information content (AvgIpc) is 3.48. The van der Waals surface area contributed by atoms with E-state index in [0.29, 0.717) is 12.3 Å². The van der Waals surface area contributed by atoms with Gasteiger partial charge in [-0.25, -0.2) is 0 Å². The molecule has 2 fully saturated rings. The quantitative estimate of drug-likeness (QED) is 0.519. The van der Waals surface area contributed by atoms with Gasteiger partial charge >= 0.3 is 0 Å². The number of carbonyl (C=O) groups is 1. The van der Waals surface area contributed by atoms with Gasteiger partial charge in [0.15, 0.2) is 4.34 Å². The van der Waals surface area contributed by atoms with Gasteiger partial charge in [-0.05, 0) is 24.0 Å². The summed E-state index contributed by atoms with van der Waals surface area (Å²) in [6.45, 7) is 6.48. The van der Waals surface area contributed by atoms with Gasteiger partial charge in [0, 0.05) is 39.3 Å². The molecule has 2 aliphatic heterocycles. The smallest absolute Gasteiger partial charge is 0.230 e. The second-order valence-corrected chi connectivity index (χ2v) is 9.81. The minimum Gasteiger partial charge on any atom is -0.379 e. The van der Waals surface area contributed by atoms with Crippen LogP contribution < -0.4 is 10.6 Å². The first-order valence-electron chi connectivity index (χ1n) is 10.7. The van der Waals surface area contributed by atoms with E-state index < -0.39 is 0 Å². The molecular formula is C21H29N5O3S2. The predicted molar refractivity (Wildman–Crippen MR) is 122 cm³/mol. The molecule has 4 rings (SSSR count). The molecule has 168 valence electrons. The molecular weight excluding hydrogens is 434 g/mol. The summed E-state index contributed by atoms with van der Waals surface area (Å²) in [4.78, 5) is 14.8. The van der Waals surface area contributed by atoms with Crippen molar-refractivity contribution in [3.05, 3.63) is 35.4 Å². The largest absolute Gasteiger partial charge is 0.379 e. The normalized spacial score (nSPS) is 19.4. The van der Waals surface area contributed by atoms with Crippen molar-refractivity contribution in [3.8, 4) is 0 Å². The lowest BCUT2D eigenvalue weighted by atomic mass is 10.1. The van der Waals surface area contributed by atoms with Gasteiger partial charge < -0.3 is 20.1 Å². The van der Waals surface area contributed by atoms with Crippen LogP contribution in [-0.4, -0.2) is 72.3 Å². The standard InChI is InChI=1S/C21H29N5O3S2/c27-19(15-30-21-25-24-20(31-21)23-13-18-6-3-9-29-18)22-12-16-4-1-2-5-17(16)14-26-7-10-28-11-8-26/h1-2,4-5,18H,3,6-15H2,(H,22,27)(H,23,24). The summed E-state index contributed by atoms with van der Waals surface area (Å²) in [5.41, 5.74) is 2.41. The molecule has 0 bridgehead atoms. The van der Waals surface area contributed by atoms with Crippen LogP contribution in [0.25, 0.3) is 0 Å². The Hall–Kier alpha value is -1.72. The summed E-state index contributed by atoms with van der Waals surface area (Å²) >= 11 is 2.89. The van der Waals surface area contributed by atoms with E-state index in [4.69, 9.17) is 9.47 Å². The topological polar surface area (TPSA) is 88.6 Å². The monoisotopic (exact) mass is 463 g/mol. The van der Waals surface area contributed by atoms with Crippen molar-refractivity contribution in [2.45, 2.75) is 36.4 Å². The van der Waals surface area contributed by atoms with Gasteiger partial charge in [0.1, 0.15) is 0 Å². The van der Waals surface area contributed by atoms with Crippen molar-refractivity contribution in [1.82, 2.24) is 20.4 Å². The maximum atomic E-state index is 12.4. The van der Waals surface area contributed by atoms with Gasteiger partial charge in [0.25, 0.3) is 0 Å². The Balaban J connectivity index is 1.19. The first kappa shape index (κ1) is 22.5. The van der Waals surface area contributed by atoms with Crippen LogP contribution in [0.5, 0.6) is 0 Å². The van der Waals surface area contributed by atoms with Gasteiger partial charge in [0.05, 0.1) is 25.1 Å². The molecule has 2 N–H and O–H groups in total. The number of thioether (sulfide) groups is 1. The van der Waals surface area contributed by atoms with Gasteiger partial charge in [-0.3, -0.25) is 9.69 Å². The Bertz CT molecular complexity index is 838. The molecule has 0 radical (unpaired) electrons. The maximum Gasteiger partial charge on any atom is 0.230 e. The van der Waals surface area contributed by atoms with E-state index in [2.05, 4.69) is 43.9 Å². The molecule has 0 spiro atoms. The van der Waals surface area contributed by atoms with Gasteiger partial charge in [-0.1, -0.05) is 47.4 Å². The number of morpholine rings is 1. The van der Waals surface area contributed by atoms with E-state index in [1.165, 1.54) is 28.7 Å². The fourth-order valence-electron chi connectivity index (χ4n) is 3.60. The molecule has 3 heterocycles. The minimum atomic E-state index is -0.00441. The van der Waals surface area contributed by atoms with Crippen molar-refractivity contribution in [2.75, 3.05) is 50.5 Å². The van der Waals surface area contributed by atoms with Crippen molar-refractivity contribution in [1.29, 1.82) is 0 Å². The lowest BCUT2D eigenvalue weighted by Crippen LogP contribution is -2.36. The number of hydrogen-bond acceptors (Lipinski definition) is 9. The Morgan fingerprint density at radius 3 is 2.84 bits per heavy atom. The molecule has 0 saturated carbocycles. The van der Waals surface area contributed by atoms with Gasteiger partial charge in [0.2, 0.25) is 11.0 Å². The third-order valence-corrected chi connectivity index (χ3v) is 7.34. The van der Waals surface area contributed by atoms with Crippen LogP contribution in [0.4, 0.5) is 5.13 Å². The number of hydrogen-bond donors (Lipinski definition) is 2. The van der Waals surface area contributed by atoms with E-state index in [1.54, 1.807) is 0 Å². The zero-order chi connectivity index (χ0) is 21.3. The SMILES string of the molecule is O=C(CSc1nnc(NCC2CCCO2)s1)NCc1ccccc1CN1CCOCC1. The van der Waals surface area contributed by atoms with Crippen LogP contribution in [0, 0.1) is 0 Å². The van der Waals surface area contributed by atoms with Crippen LogP contribution in [-0.2, 0) is 27.4 Å². The van der Waals surface area contributed by atoms with Crippen molar-refractivity contribution in [3.63, 3.8) is 0 Å². The molecule has 1 unspecified atom stereocenters. The summed E-state index contributed by atoms with van der Waals surface area (Å²) in [5.74, 6) is 0.321. The van der Waals surface area contributed by atoms with Crippen LogP contribution in [0.1, 0.15) is 24.0 Å². The van der Waals surface area contributed by atoms with Crippen LogP contribution >= 0.6 is 23.1 Å². The fourth-order valence-corrected chi connectivity index (χ4v) is 5.19.